The van der Waals surface area contributed by atoms with Crippen LogP contribution in [0.1, 0.15) is 12.8 Å². The largest absolute Gasteiger partial charge is 0.490 e. The van der Waals surface area contributed by atoms with Crippen molar-refractivity contribution in [3.05, 3.63) is 23.2 Å². The molecular weight excluding hydrogens is 363 g/mol. The first-order chi connectivity index (χ1) is 10.5. The van der Waals surface area contributed by atoms with Crippen molar-refractivity contribution >= 4 is 34.0 Å². The minimum absolute atomic E-state index is 0. The number of sulfonamides is 1. The van der Waals surface area contributed by atoms with Crippen LogP contribution in [0.15, 0.2) is 23.1 Å². The van der Waals surface area contributed by atoms with Crippen LogP contribution in [0.3, 0.4) is 0 Å². The van der Waals surface area contributed by atoms with Gasteiger partial charge in [0.2, 0.25) is 10.0 Å². The number of ether oxygens (including phenoxy) is 2. The second-order valence-electron chi connectivity index (χ2n) is 5.08. The third-order valence-electron chi connectivity index (χ3n) is 3.63. The monoisotopic (exact) mass is 384 g/mol. The highest BCUT2D eigenvalue weighted by Crippen LogP contribution is 2.33. The quantitative estimate of drug-likeness (QED) is 0.725. The molecule has 0 amide bonds. The molecule has 0 radical (unpaired) electrons. The number of nitrogens with zero attached hydrogens (tertiary/aromatic N) is 1. The van der Waals surface area contributed by atoms with Gasteiger partial charge in [0.1, 0.15) is 17.3 Å². The van der Waals surface area contributed by atoms with Crippen LogP contribution in [0, 0.1) is 0 Å². The molecule has 23 heavy (non-hydrogen) atoms. The first-order valence-corrected chi connectivity index (χ1v) is 8.95. The molecule has 132 valence electrons. The van der Waals surface area contributed by atoms with Crippen molar-refractivity contribution < 1.29 is 17.9 Å². The average Bonchev–Trinajstić information content (AvgIpc) is 2.98. The lowest BCUT2D eigenvalue weighted by molar-refractivity contribution is 0.144. The SMILES string of the molecule is COCCOc1ccc(Cl)cc1S(=O)(=O)N1CCCC1CN.Cl. The van der Waals surface area contributed by atoms with Crippen LogP contribution in [0.4, 0.5) is 0 Å². The number of benzene rings is 1. The van der Waals surface area contributed by atoms with Gasteiger partial charge in [-0.1, -0.05) is 11.6 Å². The van der Waals surface area contributed by atoms with Crippen LogP contribution >= 0.6 is 24.0 Å². The molecule has 1 aliphatic rings. The van der Waals surface area contributed by atoms with E-state index in [2.05, 4.69) is 0 Å². The lowest BCUT2D eigenvalue weighted by atomic mass is 10.2. The normalized spacial score (nSPS) is 18.7. The maximum Gasteiger partial charge on any atom is 0.247 e. The minimum atomic E-state index is -3.69. The summed E-state index contributed by atoms with van der Waals surface area (Å²) in [5.41, 5.74) is 5.69. The topological polar surface area (TPSA) is 81.9 Å². The van der Waals surface area contributed by atoms with Gasteiger partial charge < -0.3 is 15.2 Å². The highest BCUT2D eigenvalue weighted by molar-refractivity contribution is 7.89. The second kappa shape index (κ2) is 9.05. The van der Waals surface area contributed by atoms with Gasteiger partial charge in [-0.15, -0.1) is 12.4 Å². The number of methoxy groups -OCH3 is 1. The molecule has 2 rings (SSSR count). The number of rotatable bonds is 7. The van der Waals surface area contributed by atoms with Crippen molar-refractivity contribution in [1.29, 1.82) is 0 Å². The maximum atomic E-state index is 12.9. The van der Waals surface area contributed by atoms with E-state index >= 15 is 0 Å². The Bertz CT molecular complexity index is 613. The van der Waals surface area contributed by atoms with Crippen molar-refractivity contribution in [2.45, 2.75) is 23.8 Å². The summed E-state index contributed by atoms with van der Waals surface area (Å²) in [6.45, 7) is 1.41. The Morgan fingerprint density at radius 3 is 2.78 bits per heavy atom. The summed E-state index contributed by atoms with van der Waals surface area (Å²) >= 11 is 5.97. The lowest BCUT2D eigenvalue weighted by Crippen LogP contribution is -2.40. The number of nitrogens with two attached hydrogens (primary N) is 1. The number of hydrogen-bond donors (Lipinski definition) is 1. The molecule has 0 saturated carbocycles. The molecular formula is C14H22Cl2N2O4S. The Morgan fingerprint density at radius 1 is 1.39 bits per heavy atom. The van der Waals surface area contributed by atoms with Crippen molar-refractivity contribution in [3.8, 4) is 5.75 Å². The Labute approximate surface area is 148 Å². The molecule has 1 fully saturated rings. The summed E-state index contributed by atoms with van der Waals surface area (Å²) in [6.07, 6.45) is 1.58. The highest BCUT2D eigenvalue weighted by atomic mass is 35.5. The summed E-state index contributed by atoms with van der Waals surface area (Å²) in [5, 5.41) is 0.348. The molecule has 1 atom stereocenters. The van der Waals surface area contributed by atoms with Crippen LogP contribution in [-0.4, -0.2) is 52.2 Å². The fourth-order valence-corrected chi connectivity index (χ4v) is 4.63. The fourth-order valence-electron chi connectivity index (χ4n) is 2.53. The highest BCUT2D eigenvalue weighted by Gasteiger charge is 2.36. The summed E-state index contributed by atoms with van der Waals surface area (Å²) in [6, 6.07) is 4.42. The van der Waals surface area contributed by atoms with Crippen LogP contribution in [0.2, 0.25) is 5.02 Å². The summed E-state index contributed by atoms with van der Waals surface area (Å²) < 4.78 is 37.7. The van der Waals surface area contributed by atoms with Gasteiger partial charge in [0.15, 0.2) is 0 Å². The molecule has 6 nitrogen and oxygen atoms in total. The van der Waals surface area contributed by atoms with E-state index in [-0.39, 0.29) is 35.7 Å². The lowest BCUT2D eigenvalue weighted by Gasteiger charge is -2.24. The van der Waals surface area contributed by atoms with Gasteiger partial charge in [-0.2, -0.15) is 4.31 Å². The van der Waals surface area contributed by atoms with Gasteiger partial charge in [0, 0.05) is 31.3 Å². The van der Waals surface area contributed by atoms with Crippen molar-refractivity contribution in [2.24, 2.45) is 5.73 Å². The second-order valence-corrected chi connectivity index (χ2v) is 7.38. The predicted molar refractivity (Wildman–Crippen MR) is 92.0 cm³/mol. The zero-order valence-corrected chi connectivity index (χ0v) is 15.3. The molecule has 0 spiro atoms. The summed E-state index contributed by atoms with van der Waals surface area (Å²) in [7, 11) is -2.13. The third-order valence-corrected chi connectivity index (χ3v) is 5.84. The molecule has 1 unspecified atom stereocenters. The molecule has 0 aliphatic carbocycles. The molecule has 9 heteroatoms. The summed E-state index contributed by atoms with van der Waals surface area (Å²) in [5.74, 6) is 0.282. The molecule has 1 aromatic carbocycles. The molecule has 1 aliphatic heterocycles. The zero-order chi connectivity index (χ0) is 16.2. The van der Waals surface area contributed by atoms with Crippen molar-refractivity contribution in [1.82, 2.24) is 4.31 Å². The van der Waals surface area contributed by atoms with Gasteiger partial charge in [-0.25, -0.2) is 8.42 Å². The Kier molecular flexibility index (Phi) is 8.06. The van der Waals surface area contributed by atoms with Crippen LogP contribution < -0.4 is 10.5 Å². The summed E-state index contributed by atoms with van der Waals surface area (Å²) in [4.78, 5) is 0.0800. The standard InChI is InChI=1S/C14H21ClN2O4S.ClH/c1-20-7-8-21-13-5-4-11(15)9-14(13)22(18,19)17-6-2-3-12(17)10-16;/h4-5,9,12H,2-3,6-8,10,16H2,1H3;1H. The fraction of sp³-hybridized carbons (Fsp3) is 0.571. The van der Waals surface area contributed by atoms with E-state index < -0.39 is 10.0 Å². The van der Waals surface area contributed by atoms with E-state index in [9.17, 15) is 8.42 Å². The third kappa shape index (κ3) is 4.71. The predicted octanol–water partition coefficient (Wildman–Crippen LogP) is 1.90. The van der Waals surface area contributed by atoms with Gasteiger partial charge in [-0.3, -0.25) is 0 Å². The molecule has 0 bridgehead atoms. The first-order valence-electron chi connectivity index (χ1n) is 7.14. The average molecular weight is 385 g/mol. The maximum absolute atomic E-state index is 12.9. The van der Waals surface area contributed by atoms with Crippen molar-refractivity contribution in [2.75, 3.05) is 33.4 Å². The zero-order valence-electron chi connectivity index (χ0n) is 12.9. The van der Waals surface area contributed by atoms with Crippen LogP contribution in [0.5, 0.6) is 5.75 Å². The molecule has 0 aromatic heterocycles. The van der Waals surface area contributed by atoms with Crippen LogP contribution in [0.25, 0.3) is 0 Å². The van der Waals surface area contributed by atoms with Gasteiger partial charge in [-0.05, 0) is 31.0 Å². The molecule has 1 heterocycles. The van der Waals surface area contributed by atoms with Gasteiger partial charge in [0.25, 0.3) is 0 Å². The number of hydrogen-bond acceptors (Lipinski definition) is 5. The minimum Gasteiger partial charge on any atom is -0.490 e. The molecule has 1 saturated heterocycles. The van der Waals surface area contributed by atoms with Crippen LogP contribution in [-0.2, 0) is 14.8 Å². The van der Waals surface area contributed by atoms with Gasteiger partial charge >= 0.3 is 0 Å². The smallest absolute Gasteiger partial charge is 0.247 e. The Hall–Kier alpha value is -0.570. The molecule has 2 N–H and O–H groups in total. The van der Waals surface area contributed by atoms with E-state index in [1.807, 2.05) is 0 Å². The Balaban J connectivity index is 0.00000264. The van der Waals surface area contributed by atoms with E-state index in [1.54, 1.807) is 19.2 Å². The van der Waals surface area contributed by atoms with E-state index in [1.165, 1.54) is 10.4 Å². The van der Waals surface area contributed by atoms with Crippen molar-refractivity contribution in [3.63, 3.8) is 0 Å². The van der Waals surface area contributed by atoms with E-state index in [4.69, 9.17) is 26.8 Å². The number of halogens is 2. The first kappa shape index (κ1) is 20.5. The van der Waals surface area contributed by atoms with Gasteiger partial charge in [0.05, 0.1) is 6.61 Å². The van der Waals surface area contributed by atoms with E-state index in [0.717, 1.165) is 12.8 Å². The molecule has 1 aromatic rings. The Morgan fingerprint density at radius 2 is 2.13 bits per heavy atom. The van der Waals surface area contributed by atoms with E-state index in [0.29, 0.717) is 24.7 Å².